The molecule has 3 aromatic rings. The van der Waals surface area contributed by atoms with Gasteiger partial charge in [-0.3, -0.25) is 4.79 Å². The Kier molecular flexibility index (Phi) is 7.83. The second-order valence-corrected chi connectivity index (χ2v) is 9.83. The highest BCUT2D eigenvalue weighted by Gasteiger charge is 2.29. The number of fused-ring (bicyclic) bond motifs is 1. The van der Waals surface area contributed by atoms with E-state index in [9.17, 15) is 4.79 Å². The van der Waals surface area contributed by atoms with Gasteiger partial charge in [0.15, 0.2) is 0 Å². The highest BCUT2D eigenvalue weighted by Crippen LogP contribution is 2.37. The fourth-order valence-corrected chi connectivity index (χ4v) is 5.23. The van der Waals surface area contributed by atoms with E-state index in [1.54, 1.807) is 12.3 Å². The van der Waals surface area contributed by atoms with Crippen LogP contribution in [0.1, 0.15) is 64.1 Å². The zero-order valence-corrected chi connectivity index (χ0v) is 21.6. The Bertz CT molecular complexity index is 1230. The SMILES string of the molecule is CCCCNc1ncc2c(-c3ccc(N4CCOCC4)c(F)c3)nc(C3CCC(OC(C)=O)CC3)n2n1. The van der Waals surface area contributed by atoms with Gasteiger partial charge < -0.3 is 19.7 Å². The van der Waals surface area contributed by atoms with Crippen molar-refractivity contribution in [1.29, 1.82) is 0 Å². The molecule has 0 bridgehead atoms. The van der Waals surface area contributed by atoms with E-state index in [1.165, 1.54) is 6.92 Å². The van der Waals surface area contributed by atoms with Crippen molar-refractivity contribution in [2.45, 2.75) is 64.4 Å². The first kappa shape index (κ1) is 25.4. The first-order valence-corrected chi connectivity index (χ1v) is 13.3. The molecule has 1 saturated carbocycles. The van der Waals surface area contributed by atoms with Crippen LogP contribution in [0.3, 0.4) is 0 Å². The summed E-state index contributed by atoms with van der Waals surface area (Å²) in [6.07, 6.45) is 7.06. The first-order chi connectivity index (χ1) is 18.0. The summed E-state index contributed by atoms with van der Waals surface area (Å²) in [5.41, 5.74) is 2.70. The zero-order chi connectivity index (χ0) is 25.8. The van der Waals surface area contributed by atoms with Crippen molar-refractivity contribution >= 4 is 23.1 Å². The summed E-state index contributed by atoms with van der Waals surface area (Å²) in [6.45, 7) is 6.93. The number of nitrogens with one attached hydrogen (secondary N) is 1. The minimum absolute atomic E-state index is 0.0535. The molecule has 1 saturated heterocycles. The van der Waals surface area contributed by atoms with Crippen molar-refractivity contribution in [3.05, 3.63) is 36.0 Å². The Balaban J connectivity index is 1.47. The van der Waals surface area contributed by atoms with Crippen LogP contribution < -0.4 is 10.2 Å². The summed E-state index contributed by atoms with van der Waals surface area (Å²) in [5.74, 6) is 1.03. The molecule has 198 valence electrons. The lowest BCUT2D eigenvalue weighted by Gasteiger charge is -2.29. The molecule has 5 rings (SSSR count). The number of benzene rings is 1. The van der Waals surface area contributed by atoms with Gasteiger partial charge in [-0.2, -0.15) is 0 Å². The van der Waals surface area contributed by atoms with Crippen molar-refractivity contribution in [3.63, 3.8) is 0 Å². The third kappa shape index (κ3) is 5.69. The second kappa shape index (κ2) is 11.4. The van der Waals surface area contributed by atoms with E-state index in [0.717, 1.165) is 56.4 Å². The third-order valence-electron chi connectivity index (χ3n) is 7.18. The normalized spacial score (nSPS) is 20.2. The van der Waals surface area contributed by atoms with E-state index in [-0.39, 0.29) is 23.8 Å². The minimum Gasteiger partial charge on any atom is -0.463 e. The summed E-state index contributed by atoms with van der Waals surface area (Å²) in [6, 6.07) is 5.31. The van der Waals surface area contributed by atoms with Gasteiger partial charge in [-0.1, -0.05) is 19.4 Å². The predicted octanol–water partition coefficient (Wildman–Crippen LogP) is 4.57. The van der Waals surface area contributed by atoms with E-state index in [0.29, 0.717) is 49.2 Å². The molecule has 2 aliphatic rings. The second-order valence-electron chi connectivity index (χ2n) is 9.83. The van der Waals surface area contributed by atoms with Gasteiger partial charge in [0.05, 0.1) is 30.8 Å². The molecule has 0 spiro atoms. The molecule has 0 unspecified atom stereocenters. The predicted molar refractivity (Wildman–Crippen MR) is 139 cm³/mol. The number of unbranched alkanes of at least 4 members (excludes halogenated alkanes) is 1. The number of esters is 1. The lowest BCUT2D eigenvalue weighted by atomic mass is 9.87. The van der Waals surface area contributed by atoms with Gasteiger partial charge in [0.25, 0.3) is 0 Å². The maximum atomic E-state index is 15.3. The zero-order valence-electron chi connectivity index (χ0n) is 21.6. The number of halogens is 1. The molecular weight excluding hydrogens is 475 g/mol. The molecule has 0 amide bonds. The number of carbonyl (C=O) groups excluding carboxylic acids is 1. The highest BCUT2D eigenvalue weighted by atomic mass is 19.1. The smallest absolute Gasteiger partial charge is 0.302 e. The van der Waals surface area contributed by atoms with Crippen LogP contribution in [-0.4, -0.2) is 64.5 Å². The average molecular weight is 511 g/mol. The molecule has 1 aliphatic carbocycles. The number of carbonyl (C=O) groups is 1. The van der Waals surface area contributed by atoms with E-state index >= 15 is 4.39 Å². The fourth-order valence-electron chi connectivity index (χ4n) is 5.23. The summed E-state index contributed by atoms with van der Waals surface area (Å²) in [5, 5.41) is 8.07. The molecule has 1 aromatic carbocycles. The summed E-state index contributed by atoms with van der Waals surface area (Å²) < 4.78 is 28.0. The monoisotopic (exact) mass is 510 g/mol. The molecule has 1 aliphatic heterocycles. The Morgan fingerprint density at radius 1 is 1.22 bits per heavy atom. The largest absolute Gasteiger partial charge is 0.463 e. The topological polar surface area (TPSA) is 93.9 Å². The summed E-state index contributed by atoms with van der Waals surface area (Å²) in [7, 11) is 0. The van der Waals surface area contributed by atoms with Gasteiger partial charge in [-0.05, 0) is 44.2 Å². The number of hydrogen-bond donors (Lipinski definition) is 1. The number of nitrogens with zero attached hydrogens (tertiary/aromatic N) is 5. The van der Waals surface area contributed by atoms with Crippen molar-refractivity contribution in [2.75, 3.05) is 43.1 Å². The van der Waals surface area contributed by atoms with Crippen molar-refractivity contribution in [3.8, 4) is 11.3 Å². The van der Waals surface area contributed by atoms with Crippen LogP contribution in [-0.2, 0) is 14.3 Å². The van der Waals surface area contributed by atoms with Crippen LogP contribution in [0.15, 0.2) is 24.4 Å². The van der Waals surface area contributed by atoms with Crippen LogP contribution in [0.2, 0.25) is 0 Å². The number of morpholine rings is 1. The van der Waals surface area contributed by atoms with E-state index in [1.807, 2.05) is 21.5 Å². The molecule has 2 fully saturated rings. The van der Waals surface area contributed by atoms with Gasteiger partial charge in [0, 0.05) is 38.0 Å². The molecule has 37 heavy (non-hydrogen) atoms. The number of ether oxygens (including phenoxy) is 2. The molecule has 9 nitrogen and oxygen atoms in total. The molecular formula is C27H35FN6O3. The maximum absolute atomic E-state index is 15.3. The van der Waals surface area contributed by atoms with Gasteiger partial charge in [-0.15, -0.1) is 5.10 Å². The van der Waals surface area contributed by atoms with E-state index < -0.39 is 0 Å². The lowest BCUT2D eigenvalue weighted by molar-refractivity contribution is -0.147. The maximum Gasteiger partial charge on any atom is 0.302 e. The van der Waals surface area contributed by atoms with Crippen molar-refractivity contribution in [2.24, 2.45) is 0 Å². The summed E-state index contributed by atoms with van der Waals surface area (Å²) in [4.78, 5) is 22.9. The molecule has 2 aromatic heterocycles. The number of rotatable bonds is 8. The number of hydrogen-bond acceptors (Lipinski definition) is 8. The van der Waals surface area contributed by atoms with E-state index in [2.05, 4.69) is 17.2 Å². The van der Waals surface area contributed by atoms with Crippen LogP contribution >= 0.6 is 0 Å². The number of imidazole rings is 1. The standard InChI is InChI=1S/C27H35FN6O3/c1-3-4-11-29-27-30-17-24-25(20-7-10-23(22(28)16-20)33-12-14-36-15-13-33)31-26(34(24)32-27)19-5-8-21(9-6-19)37-18(2)35/h7,10,16-17,19,21H,3-6,8-9,11-15H2,1-2H3,(H,29,32). The number of aromatic nitrogens is 4. The highest BCUT2D eigenvalue weighted by molar-refractivity contribution is 5.78. The first-order valence-electron chi connectivity index (χ1n) is 13.3. The molecule has 3 heterocycles. The molecule has 0 radical (unpaired) electrons. The van der Waals surface area contributed by atoms with Gasteiger partial charge in [0.2, 0.25) is 5.95 Å². The summed E-state index contributed by atoms with van der Waals surface area (Å²) >= 11 is 0. The van der Waals surface area contributed by atoms with Crippen molar-refractivity contribution < 1.29 is 18.7 Å². The van der Waals surface area contributed by atoms with Crippen LogP contribution in [0.25, 0.3) is 16.8 Å². The third-order valence-corrected chi connectivity index (χ3v) is 7.18. The Labute approximate surface area is 216 Å². The fraction of sp³-hybridized carbons (Fsp3) is 0.556. The van der Waals surface area contributed by atoms with Gasteiger partial charge in [0.1, 0.15) is 23.3 Å². The van der Waals surface area contributed by atoms with Crippen LogP contribution in [0.5, 0.6) is 0 Å². The van der Waals surface area contributed by atoms with Crippen LogP contribution in [0.4, 0.5) is 16.0 Å². The molecule has 1 N–H and O–H groups in total. The van der Waals surface area contributed by atoms with Crippen LogP contribution in [0, 0.1) is 5.82 Å². The van der Waals surface area contributed by atoms with Crippen molar-refractivity contribution in [1.82, 2.24) is 19.6 Å². The minimum atomic E-state index is -0.275. The van der Waals surface area contributed by atoms with E-state index in [4.69, 9.17) is 19.6 Å². The quantitative estimate of drug-likeness (QED) is 0.348. The Morgan fingerprint density at radius 2 is 2.00 bits per heavy atom. The number of anilines is 2. The van der Waals surface area contributed by atoms with Gasteiger partial charge in [-0.25, -0.2) is 18.9 Å². The van der Waals surface area contributed by atoms with Gasteiger partial charge >= 0.3 is 5.97 Å². The lowest BCUT2D eigenvalue weighted by Crippen LogP contribution is -2.36. The Hall–Kier alpha value is -3.27. The average Bonchev–Trinajstić information content (AvgIpc) is 3.28. The molecule has 0 atom stereocenters. The molecule has 10 heteroatoms. The Morgan fingerprint density at radius 3 is 2.70 bits per heavy atom.